The number of imide groups is 1. The number of nitrogens with zero attached hydrogens (tertiary/aromatic N) is 2. The van der Waals surface area contributed by atoms with Crippen LogP contribution in [0.2, 0.25) is 0 Å². The Morgan fingerprint density at radius 2 is 2.04 bits per heavy atom. The summed E-state index contributed by atoms with van der Waals surface area (Å²) in [5, 5.41) is 14.0. The number of carboxylic acid groups (broad SMARTS) is 1. The zero-order valence-electron chi connectivity index (χ0n) is 16.3. The molecule has 28 heavy (non-hydrogen) atoms. The van der Waals surface area contributed by atoms with Gasteiger partial charge < -0.3 is 10.0 Å². The molecule has 0 spiro atoms. The molecule has 1 aromatic heterocycles. The number of thioether (sulfide) groups is 1. The van der Waals surface area contributed by atoms with Gasteiger partial charge in [0.2, 0.25) is 0 Å². The third-order valence-electron chi connectivity index (χ3n) is 4.70. The zero-order chi connectivity index (χ0) is 20.5. The number of aliphatic carboxylic acids is 1. The first-order valence-electron chi connectivity index (χ1n) is 9.58. The van der Waals surface area contributed by atoms with Crippen LogP contribution in [0.25, 0.3) is 0 Å². The van der Waals surface area contributed by atoms with E-state index < -0.39 is 12.0 Å². The fourth-order valence-electron chi connectivity index (χ4n) is 3.15. The first-order chi connectivity index (χ1) is 13.4. The quantitative estimate of drug-likeness (QED) is 0.534. The molecule has 0 unspecified atom stereocenters. The number of hydrogen-bond donors (Lipinski definition) is 3. The van der Waals surface area contributed by atoms with Gasteiger partial charge in [0.15, 0.2) is 5.13 Å². The van der Waals surface area contributed by atoms with Crippen molar-refractivity contribution in [2.45, 2.75) is 62.6 Å². The number of anilines is 1. The first-order valence-corrected chi connectivity index (χ1v) is 11.4. The molecule has 3 N–H and O–H groups in total. The molecule has 2 rings (SSSR count). The van der Waals surface area contributed by atoms with E-state index in [0.717, 1.165) is 50.3 Å². The molecule has 0 saturated heterocycles. The predicted molar refractivity (Wildman–Crippen MR) is 111 cm³/mol. The van der Waals surface area contributed by atoms with Gasteiger partial charge in [0.05, 0.1) is 16.2 Å². The highest BCUT2D eigenvalue weighted by molar-refractivity contribution is 8.01. The molecule has 0 aliphatic heterocycles. The monoisotopic (exact) mass is 428 g/mol. The molecule has 156 valence electrons. The van der Waals surface area contributed by atoms with Gasteiger partial charge in [-0.2, -0.15) is 0 Å². The fraction of sp³-hybridized carbons (Fsp3) is 0.667. The average molecular weight is 429 g/mol. The molecule has 1 heterocycles. The van der Waals surface area contributed by atoms with Crippen LogP contribution >= 0.6 is 23.1 Å². The van der Waals surface area contributed by atoms with Gasteiger partial charge in [-0.25, -0.2) is 14.6 Å². The number of aromatic nitrogens is 1. The number of rotatable bonds is 8. The van der Waals surface area contributed by atoms with Crippen LogP contribution in [-0.2, 0) is 4.79 Å². The molecule has 1 aliphatic rings. The summed E-state index contributed by atoms with van der Waals surface area (Å²) in [5.74, 6) is -0.298. The molecule has 10 heteroatoms. The number of carboxylic acids is 1. The lowest BCUT2D eigenvalue weighted by atomic mass is 9.86. The Bertz CT molecular complexity index is 674. The second-order valence-electron chi connectivity index (χ2n) is 7.01. The van der Waals surface area contributed by atoms with Gasteiger partial charge in [-0.15, -0.1) is 11.8 Å². The maximum absolute atomic E-state index is 12.7. The summed E-state index contributed by atoms with van der Waals surface area (Å²) in [6.45, 7) is 4.95. The molecule has 1 saturated carbocycles. The van der Waals surface area contributed by atoms with E-state index in [0.29, 0.717) is 21.8 Å². The molecule has 4 amide bonds. The van der Waals surface area contributed by atoms with E-state index in [1.807, 2.05) is 0 Å². The van der Waals surface area contributed by atoms with Crippen molar-refractivity contribution in [1.82, 2.24) is 15.2 Å². The van der Waals surface area contributed by atoms with E-state index in [2.05, 4.69) is 29.5 Å². The summed E-state index contributed by atoms with van der Waals surface area (Å²) in [7, 11) is 0. The van der Waals surface area contributed by atoms with Gasteiger partial charge in [0.1, 0.15) is 0 Å². The smallest absolute Gasteiger partial charge is 0.329 e. The number of nitrogens with one attached hydrogen (secondary N) is 2. The van der Waals surface area contributed by atoms with E-state index in [1.165, 1.54) is 17.5 Å². The summed E-state index contributed by atoms with van der Waals surface area (Å²) in [6, 6.07) is -0.822. The molecule has 1 aromatic rings. The minimum absolute atomic E-state index is 0.0707. The first kappa shape index (κ1) is 22.5. The van der Waals surface area contributed by atoms with E-state index >= 15 is 0 Å². The van der Waals surface area contributed by atoms with Crippen LogP contribution in [-0.4, -0.2) is 51.4 Å². The number of carbonyl (C=O) groups excluding carboxylic acids is 2. The van der Waals surface area contributed by atoms with E-state index in [4.69, 9.17) is 5.11 Å². The Morgan fingerprint density at radius 3 is 2.68 bits per heavy atom. The van der Waals surface area contributed by atoms with E-state index in [-0.39, 0.29) is 17.8 Å². The van der Waals surface area contributed by atoms with Crippen LogP contribution in [0, 0.1) is 5.92 Å². The third kappa shape index (κ3) is 7.31. The van der Waals surface area contributed by atoms with Crippen molar-refractivity contribution in [3.05, 3.63) is 6.20 Å². The largest absolute Gasteiger partial charge is 0.481 e. The molecule has 0 aromatic carbocycles. The number of thiazole rings is 1. The molecule has 1 fully saturated rings. The second-order valence-corrected chi connectivity index (χ2v) is 9.32. The van der Waals surface area contributed by atoms with E-state index in [1.54, 1.807) is 4.90 Å². The Kier molecular flexibility index (Phi) is 9.04. The lowest BCUT2D eigenvalue weighted by Crippen LogP contribution is -2.50. The van der Waals surface area contributed by atoms with Crippen LogP contribution in [0.15, 0.2) is 10.4 Å². The van der Waals surface area contributed by atoms with Gasteiger partial charge in [-0.05, 0) is 38.0 Å². The van der Waals surface area contributed by atoms with Crippen LogP contribution in [0.4, 0.5) is 14.7 Å². The van der Waals surface area contributed by atoms with Gasteiger partial charge >= 0.3 is 18.0 Å². The number of carbonyl (C=O) groups is 3. The zero-order valence-corrected chi connectivity index (χ0v) is 17.9. The molecular weight excluding hydrogens is 400 g/mol. The molecular formula is C18H28N4O4S2. The van der Waals surface area contributed by atoms with E-state index in [9.17, 15) is 14.4 Å². The minimum atomic E-state index is -0.916. The van der Waals surface area contributed by atoms with Gasteiger partial charge in [-0.3, -0.25) is 15.4 Å². The van der Waals surface area contributed by atoms with Crippen LogP contribution < -0.4 is 10.6 Å². The SMILES string of the molecule is CCCCN(C(=O)NC(=O)Nc1ncc(SCC(=O)O)s1)[C@H]1CC[C@H](C)CC1. The highest BCUT2D eigenvalue weighted by Gasteiger charge is 2.28. The lowest BCUT2D eigenvalue weighted by Gasteiger charge is -2.36. The normalized spacial score (nSPS) is 19.1. The summed E-state index contributed by atoms with van der Waals surface area (Å²) in [6.07, 6.45) is 7.53. The number of hydrogen-bond acceptors (Lipinski definition) is 6. The predicted octanol–water partition coefficient (Wildman–Crippen LogP) is 4.24. The summed E-state index contributed by atoms with van der Waals surface area (Å²) in [4.78, 5) is 41.3. The number of amides is 4. The second kappa shape index (κ2) is 11.3. The van der Waals surface area contributed by atoms with Gasteiger partial charge in [-0.1, -0.05) is 31.6 Å². The summed E-state index contributed by atoms with van der Waals surface area (Å²) in [5.41, 5.74) is 0. The number of urea groups is 2. The highest BCUT2D eigenvalue weighted by Crippen LogP contribution is 2.29. The Labute approximate surface area is 173 Å². The van der Waals surface area contributed by atoms with Crippen molar-refractivity contribution >= 4 is 46.3 Å². The summed E-state index contributed by atoms with van der Waals surface area (Å²) < 4.78 is 0.685. The third-order valence-corrected chi connectivity index (χ3v) is 6.80. The van der Waals surface area contributed by atoms with Crippen molar-refractivity contribution in [2.75, 3.05) is 17.6 Å². The van der Waals surface area contributed by atoms with Crippen LogP contribution in [0.5, 0.6) is 0 Å². The van der Waals surface area contributed by atoms with Crippen molar-refractivity contribution in [3.8, 4) is 0 Å². The summed E-state index contributed by atoms with van der Waals surface area (Å²) >= 11 is 2.31. The molecule has 0 bridgehead atoms. The number of unbranched alkanes of at least 4 members (excludes halogenated alkanes) is 1. The van der Waals surface area contributed by atoms with Crippen LogP contribution in [0.3, 0.4) is 0 Å². The topological polar surface area (TPSA) is 112 Å². The Hall–Kier alpha value is -1.81. The highest BCUT2D eigenvalue weighted by atomic mass is 32.2. The van der Waals surface area contributed by atoms with Crippen LogP contribution in [0.1, 0.15) is 52.4 Å². The van der Waals surface area contributed by atoms with Crippen molar-refractivity contribution in [2.24, 2.45) is 5.92 Å². The Morgan fingerprint density at radius 1 is 1.32 bits per heavy atom. The minimum Gasteiger partial charge on any atom is -0.481 e. The maximum atomic E-state index is 12.7. The van der Waals surface area contributed by atoms with Crippen molar-refractivity contribution in [1.29, 1.82) is 0 Å². The standard InChI is InChI=1S/C18H28N4O4S2/c1-3-4-9-22(13-7-5-12(2)6-8-13)18(26)21-16(25)20-17-19-10-15(28-17)27-11-14(23)24/h10,12-13H,3-9,11H2,1-2H3,(H,23,24)(H2,19,20,21,25,26)/t12-,13-. The fourth-order valence-corrected chi connectivity index (χ4v) is 4.73. The van der Waals surface area contributed by atoms with Crippen molar-refractivity contribution in [3.63, 3.8) is 0 Å². The van der Waals surface area contributed by atoms with Gasteiger partial charge in [0.25, 0.3) is 0 Å². The molecule has 8 nitrogen and oxygen atoms in total. The molecule has 1 aliphatic carbocycles. The molecule has 0 atom stereocenters. The maximum Gasteiger partial charge on any atom is 0.329 e. The molecule has 0 radical (unpaired) electrons. The lowest BCUT2D eigenvalue weighted by molar-refractivity contribution is -0.133. The van der Waals surface area contributed by atoms with Gasteiger partial charge in [0, 0.05) is 12.6 Å². The average Bonchev–Trinajstić information content (AvgIpc) is 3.09. The Balaban J connectivity index is 1.88. The van der Waals surface area contributed by atoms with Crippen molar-refractivity contribution < 1.29 is 19.5 Å².